The zero-order valence-electron chi connectivity index (χ0n) is 16.5. The van der Waals surface area contributed by atoms with Crippen LogP contribution in [0.25, 0.3) is 0 Å². The third-order valence-electron chi connectivity index (χ3n) is 4.26. The van der Waals surface area contributed by atoms with Crippen molar-refractivity contribution in [2.75, 3.05) is 11.1 Å². The van der Waals surface area contributed by atoms with E-state index in [4.69, 9.17) is 34.8 Å². The Morgan fingerprint density at radius 3 is 2.55 bits per heavy atom. The molecule has 0 aliphatic heterocycles. The number of anilines is 1. The SMILES string of the molecule is C[C@@H](NC(=O)c1ccccc1Cl)c1nnc(SCC(=O)Nc2ccc(Cl)cc2Cl)n1C. The smallest absolute Gasteiger partial charge is 0.253 e. The first kappa shape index (κ1) is 23.4. The van der Waals surface area contributed by atoms with E-state index < -0.39 is 6.04 Å². The van der Waals surface area contributed by atoms with Gasteiger partial charge in [-0.3, -0.25) is 9.59 Å². The Morgan fingerprint density at radius 1 is 1.10 bits per heavy atom. The number of benzene rings is 2. The lowest BCUT2D eigenvalue weighted by atomic mass is 10.2. The molecule has 0 unspecified atom stereocenters. The van der Waals surface area contributed by atoms with Crippen LogP contribution in [0.3, 0.4) is 0 Å². The maximum atomic E-state index is 12.5. The third-order valence-corrected chi connectivity index (χ3v) is 6.16. The summed E-state index contributed by atoms with van der Waals surface area (Å²) in [5.41, 5.74) is 0.858. The Labute approximate surface area is 198 Å². The fourth-order valence-corrected chi connectivity index (χ4v) is 4.12. The van der Waals surface area contributed by atoms with Gasteiger partial charge in [-0.2, -0.15) is 0 Å². The predicted molar refractivity (Wildman–Crippen MR) is 124 cm³/mol. The summed E-state index contributed by atoms with van der Waals surface area (Å²) in [4.78, 5) is 24.7. The van der Waals surface area contributed by atoms with Crippen LogP contribution in [0.5, 0.6) is 0 Å². The Kier molecular flexibility index (Phi) is 7.83. The molecule has 2 aromatic carbocycles. The molecule has 31 heavy (non-hydrogen) atoms. The van der Waals surface area contributed by atoms with Gasteiger partial charge in [-0.05, 0) is 37.3 Å². The molecule has 7 nitrogen and oxygen atoms in total. The van der Waals surface area contributed by atoms with E-state index in [0.717, 1.165) is 0 Å². The number of aromatic nitrogens is 3. The van der Waals surface area contributed by atoms with E-state index in [9.17, 15) is 9.59 Å². The Morgan fingerprint density at radius 2 is 1.84 bits per heavy atom. The average molecular weight is 499 g/mol. The maximum absolute atomic E-state index is 12.5. The van der Waals surface area contributed by atoms with E-state index in [1.807, 2.05) is 0 Å². The minimum absolute atomic E-state index is 0.102. The molecule has 2 N–H and O–H groups in total. The van der Waals surface area contributed by atoms with Crippen LogP contribution < -0.4 is 10.6 Å². The van der Waals surface area contributed by atoms with E-state index in [1.54, 1.807) is 61.0 Å². The standard InChI is InChI=1S/C20H18Cl3N5O2S/c1-11(24-19(30)13-5-3-4-6-14(13)22)18-26-27-20(28(18)2)31-10-17(29)25-16-8-7-12(21)9-15(16)23/h3-9,11H,10H2,1-2H3,(H,24,30)(H,25,29)/t11-/m1/s1. The summed E-state index contributed by atoms with van der Waals surface area (Å²) in [6.07, 6.45) is 0. The first-order valence-corrected chi connectivity index (χ1v) is 11.2. The van der Waals surface area contributed by atoms with Gasteiger partial charge in [-0.25, -0.2) is 0 Å². The van der Waals surface area contributed by atoms with Crippen LogP contribution in [-0.4, -0.2) is 32.3 Å². The molecular weight excluding hydrogens is 481 g/mol. The first-order valence-electron chi connectivity index (χ1n) is 9.08. The van der Waals surface area contributed by atoms with Crippen LogP contribution in [0.4, 0.5) is 5.69 Å². The van der Waals surface area contributed by atoms with Gasteiger partial charge in [0.05, 0.1) is 33.1 Å². The minimum atomic E-state index is -0.419. The second-order valence-electron chi connectivity index (χ2n) is 6.54. The lowest BCUT2D eigenvalue weighted by Crippen LogP contribution is -2.28. The van der Waals surface area contributed by atoms with Crippen molar-refractivity contribution in [1.82, 2.24) is 20.1 Å². The number of thioether (sulfide) groups is 1. The highest BCUT2D eigenvalue weighted by Gasteiger charge is 2.20. The summed E-state index contributed by atoms with van der Waals surface area (Å²) >= 11 is 19.2. The summed E-state index contributed by atoms with van der Waals surface area (Å²) in [6, 6.07) is 11.2. The molecule has 1 aromatic heterocycles. The highest BCUT2D eigenvalue weighted by atomic mass is 35.5. The number of nitrogens with one attached hydrogen (secondary N) is 2. The first-order chi connectivity index (χ1) is 14.8. The minimum Gasteiger partial charge on any atom is -0.342 e. The van der Waals surface area contributed by atoms with Crippen LogP contribution in [0.1, 0.15) is 29.1 Å². The monoisotopic (exact) mass is 497 g/mol. The van der Waals surface area contributed by atoms with Crippen LogP contribution in [0.15, 0.2) is 47.6 Å². The van der Waals surface area contributed by atoms with Gasteiger partial charge in [0.25, 0.3) is 5.91 Å². The highest BCUT2D eigenvalue weighted by molar-refractivity contribution is 7.99. The van der Waals surface area contributed by atoms with Crippen molar-refractivity contribution in [3.63, 3.8) is 0 Å². The fraction of sp³-hybridized carbons (Fsp3) is 0.200. The van der Waals surface area contributed by atoms with Crippen LogP contribution >= 0.6 is 46.6 Å². The average Bonchev–Trinajstić information content (AvgIpc) is 3.09. The molecule has 3 aromatic rings. The van der Waals surface area contributed by atoms with Gasteiger partial charge in [0.1, 0.15) is 0 Å². The van der Waals surface area contributed by atoms with Crippen molar-refractivity contribution in [1.29, 1.82) is 0 Å². The van der Waals surface area contributed by atoms with Crippen LogP contribution in [0.2, 0.25) is 15.1 Å². The van der Waals surface area contributed by atoms with Gasteiger partial charge in [0.15, 0.2) is 11.0 Å². The number of carbonyl (C=O) groups is 2. The number of nitrogens with zero attached hydrogens (tertiary/aromatic N) is 3. The topological polar surface area (TPSA) is 88.9 Å². The molecule has 11 heteroatoms. The van der Waals surface area contributed by atoms with Gasteiger partial charge < -0.3 is 15.2 Å². The summed E-state index contributed by atoms with van der Waals surface area (Å²) in [5.74, 6) is 0.0862. The molecule has 0 aliphatic carbocycles. The summed E-state index contributed by atoms with van der Waals surface area (Å²) in [5, 5.41) is 15.6. The number of amides is 2. The predicted octanol–water partition coefficient (Wildman–Crippen LogP) is 5.00. The number of halogens is 3. The van der Waals surface area contributed by atoms with Gasteiger partial charge in [0, 0.05) is 12.1 Å². The summed E-state index contributed by atoms with van der Waals surface area (Å²) in [7, 11) is 1.77. The Bertz CT molecular complexity index is 1120. The number of rotatable bonds is 7. The van der Waals surface area contributed by atoms with Crippen molar-refractivity contribution < 1.29 is 9.59 Å². The largest absolute Gasteiger partial charge is 0.342 e. The molecule has 0 spiro atoms. The zero-order valence-corrected chi connectivity index (χ0v) is 19.6. The van der Waals surface area contributed by atoms with Crippen molar-refractivity contribution >= 4 is 64.1 Å². The van der Waals surface area contributed by atoms with E-state index >= 15 is 0 Å². The molecule has 0 radical (unpaired) electrons. The number of carbonyl (C=O) groups excluding carboxylic acids is 2. The molecular formula is C20H18Cl3N5O2S. The van der Waals surface area contributed by atoms with Gasteiger partial charge in [0.2, 0.25) is 5.91 Å². The molecule has 2 amide bonds. The van der Waals surface area contributed by atoms with Crippen molar-refractivity contribution in [3.8, 4) is 0 Å². The number of hydrogen-bond donors (Lipinski definition) is 2. The van der Waals surface area contributed by atoms with Crippen molar-refractivity contribution in [2.45, 2.75) is 18.1 Å². The molecule has 0 saturated carbocycles. The van der Waals surface area contributed by atoms with Crippen LogP contribution in [-0.2, 0) is 11.8 Å². The van der Waals surface area contributed by atoms with Gasteiger partial charge in [-0.15, -0.1) is 10.2 Å². The molecule has 162 valence electrons. The Hall–Kier alpha value is -2.26. The van der Waals surface area contributed by atoms with E-state index in [2.05, 4.69) is 20.8 Å². The third kappa shape index (κ3) is 5.92. The van der Waals surface area contributed by atoms with Gasteiger partial charge in [-0.1, -0.05) is 58.7 Å². The fourth-order valence-electron chi connectivity index (χ4n) is 2.72. The quantitative estimate of drug-likeness (QED) is 0.448. The Balaban J connectivity index is 1.59. The number of hydrogen-bond acceptors (Lipinski definition) is 5. The van der Waals surface area contributed by atoms with Crippen LogP contribution in [0, 0.1) is 0 Å². The normalized spacial score (nSPS) is 11.8. The van der Waals surface area contributed by atoms with Gasteiger partial charge >= 0.3 is 0 Å². The molecule has 1 atom stereocenters. The summed E-state index contributed by atoms with van der Waals surface area (Å²) < 4.78 is 1.73. The van der Waals surface area contributed by atoms with E-state index in [0.29, 0.717) is 37.3 Å². The molecule has 0 saturated heterocycles. The van der Waals surface area contributed by atoms with Crippen molar-refractivity contribution in [2.24, 2.45) is 7.05 Å². The second-order valence-corrected chi connectivity index (χ2v) is 8.73. The molecule has 1 heterocycles. The lowest BCUT2D eigenvalue weighted by Gasteiger charge is -2.14. The maximum Gasteiger partial charge on any atom is 0.253 e. The van der Waals surface area contributed by atoms with E-state index in [1.165, 1.54) is 11.8 Å². The molecule has 0 fully saturated rings. The second kappa shape index (κ2) is 10.4. The lowest BCUT2D eigenvalue weighted by molar-refractivity contribution is -0.113. The molecule has 3 rings (SSSR count). The highest BCUT2D eigenvalue weighted by Crippen LogP contribution is 2.26. The molecule has 0 aliphatic rings. The summed E-state index contributed by atoms with van der Waals surface area (Å²) in [6.45, 7) is 1.79. The van der Waals surface area contributed by atoms with E-state index in [-0.39, 0.29) is 17.6 Å². The molecule has 0 bridgehead atoms. The zero-order chi connectivity index (χ0) is 22.5. The van der Waals surface area contributed by atoms with Crippen molar-refractivity contribution in [3.05, 3.63) is 68.9 Å².